The van der Waals surface area contributed by atoms with Gasteiger partial charge in [0.15, 0.2) is 0 Å². The molecule has 2 atom stereocenters. The van der Waals surface area contributed by atoms with Crippen molar-refractivity contribution in [3.63, 3.8) is 0 Å². The van der Waals surface area contributed by atoms with Gasteiger partial charge in [-0.2, -0.15) is 0 Å². The predicted octanol–water partition coefficient (Wildman–Crippen LogP) is 0.997. The van der Waals surface area contributed by atoms with Crippen molar-refractivity contribution in [1.29, 1.82) is 0 Å². The van der Waals surface area contributed by atoms with Gasteiger partial charge in [0.1, 0.15) is 11.8 Å². The number of carboxylic acids is 1. The van der Waals surface area contributed by atoms with Crippen molar-refractivity contribution in [2.75, 3.05) is 12.0 Å². The summed E-state index contributed by atoms with van der Waals surface area (Å²) in [6.07, 6.45) is 0.712. The lowest BCUT2D eigenvalue weighted by molar-refractivity contribution is -0.139. The number of carboxylic acid groups (broad SMARTS) is 1. The Morgan fingerprint density at radius 3 is 2.53 bits per heavy atom. The van der Waals surface area contributed by atoms with Gasteiger partial charge in [0.25, 0.3) is 0 Å². The Morgan fingerprint density at radius 2 is 2.00 bits per heavy atom. The van der Waals surface area contributed by atoms with Crippen molar-refractivity contribution >= 4 is 22.9 Å². The van der Waals surface area contributed by atoms with E-state index in [1.807, 2.05) is 0 Å². The topological polar surface area (TPSA) is 92.7 Å². The highest BCUT2D eigenvalue weighted by Gasteiger charge is 2.21. The lowest BCUT2D eigenvalue weighted by atomic mass is 10.2. The van der Waals surface area contributed by atoms with E-state index in [2.05, 4.69) is 5.32 Å². The normalized spacial score (nSPS) is 13.3. The van der Waals surface area contributed by atoms with E-state index in [9.17, 15) is 13.8 Å². The first-order chi connectivity index (χ1) is 8.99. The smallest absolute Gasteiger partial charge is 0.413 e. The van der Waals surface area contributed by atoms with E-state index in [0.29, 0.717) is 5.75 Å². The van der Waals surface area contributed by atoms with E-state index in [-0.39, 0.29) is 12.2 Å². The van der Waals surface area contributed by atoms with Crippen molar-refractivity contribution in [3.05, 3.63) is 30.3 Å². The molecule has 0 bridgehead atoms. The van der Waals surface area contributed by atoms with E-state index < -0.39 is 28.9 Å². The van der Waals surface area contributed by atoms with Crippen LogP contribution in [0.1, 0.15) is 6.42 Å². The summed E-state index contributed by atoms with van der Waals surface area (Å²) < 4.78 is 15.8. The minimum Gasteiger partial charge on any atom is -0.480 e. The van der Waals surface area contributed by atoms with Gasteiger partial charge in [-0.25, -0.2) is 9.59 Å². The fourth-order valence-corrected chi connectivity index (χ4v) is 1.88. The Bertz CT molecular complexity index is 462. The number of rotatable bonds is 6. The quantitative estimate of drug-likeness (QED) is 0.813. The molecule has 1 aromatic carbocycles. The molecule has 0 heterocycles. The maximum Gasteiger partial charge on any atom is 0.413 e. The van der Waals surface area contributed by atoms with Gasteiger partial charge in [-0.05, 0) is 18.6 Å². The summed E-state index contributed by atoms with van der Waals surface area (Å²) >= 11 is 0. The molecule has 2 N–H and O–H groups in total. The van der Waals surface area contributed by atoms with Crippen LogP contribution in [0.4, 0.5) is 4.79 Å². The summed E-state index contributed by atoms with van der Waals surface area (Å²) in [5, 5.41) is 11.2. The van der Waals surface area contributed by atoms with Crippen molar-refractivity contribution in [1.82, 2.24) is 5.32 Å². The first-order valence-electron chi connectivity index (χ1n) is 5.55. The summed E-state index contributed by atoms with van der Waals surface area (Å²) in [6.45, 7) is 0. The molecule has 19 heavy (non-hydrogen) atoms. The number of para-hydroxylation sites is 1. The van der Waals surface area contributed by atoms with Crippen molar-refractivity contribution in [2.24, 2.45) is 0 Å². The van der Waals surface area contributed by atoms with Gasteiger partial charge < -0.3 is 15.2 Å². The Hall–Kier alpha value is -1.89. The Balaban J connectivity index is 2.52. The molecule has 6 nitrogen and oxygen atoms in total. The zero-order chi connectivity index (χ0) is 14.3. The molecule has 0 aliphatic carbocycles. The van der Waals surface area contributed by atoms with Crippen LogP contribution in [0.15, 0.2) is 30.3 Å². The minimum absolute atomic E-state index is 0.0856. The maximum absolute atomic E-state index is 11.5. The molecule has 7 heteroatoms. The zero-order valence-electron chi connectivity index (χ0n) is 10.4. The van der Waals surface area contributed by atoms with Gasteiger partial charge in [-0.1, -0.05) is 18.2 Å². The molecular weight excluding hydrogens is 270 g/mol. The van der Waals surface area contributed by atoms with Gasteiger partial charge in [-0.15, -0.1) is 0 Å². The van der Waals surface area contributed by atoms with Crippen molar-refractivity contribution in [2.45, 2.75) is 12.5 Å². The molecule has 1 amide bonds. The summed E-state index contributed by atoms with van der Waals surface area (Å²) in [4.78, 5) is 22.4. The predicted molar refractivity (Wildman–Crippen MR) is 70.6 cm³/mol. The summed E-state index contributed by atoms with van der Waals surface area (Å²) in [5.74, 6) is -0.665. The standard InChI is InChI=1S/C12H15NO5S/c1-19(17)8-7-10(11(14)15)13-12(16)18-9-5-3-2-4-6-9/h2-6,10H,7-8H2,1H3,(H,13,16)(H,14,15)/t10-,19?/m0/s1. The third-order valence-electron chi connectivity index (χ3n) is 2.24. The van der Waals surface area contributed by atoms with Crippen LogP contribution >= 0.6 is 0 Å². The molecular formula is C12H15NO5S. The average Bonchev–Trinajstić information content (AvgIpc) is 2.35. The van der Waals surface area contributed by atoms with Crippen LogP contribution in [-0.4, -0.2) is 39.4 Å². The molecule has 0 saturated carbocycles. The van der Waals surface area contributed by atoms with Crippen LogP contribution in [0.2, 0.25) is 0 Å². The Morgan fingerprint density at radius 1 is 1.37 bits per heavy atom. The number of carbonyl (C=O) groups is 2. The number of ether oxygens (including phenoxy) is 1. The molecule has 0 spiro atoms. The van der Waals surface area contributed by atoms with Crippen molar-refractivity contribution in [3.8, 4) is 5.75 Å². The Kier molecular flexibility index (Phi) is 6.01. The summed E-state index contributed by atoms with van der Waals surface area (Å²) in [7, 11) is -1.11. The zero-order valence-corrected chi connectivity index (χ0v) is 11.2. The van der Waals surface area contributed by atoms with Crippen molar-refractivity contribution < 1.29 is 23.6 Å². The van der Waals surface area contributed by atoms with E-state index in [1.165, 1.54) is 6.26 Å². The van der Waals surface area contributed by atoms with Gasteiger partial charge in [-0.3, -0.25) is 4.21 Å². The van der Waals surface area contributed by atoms with E-state index >= 15 is 0 Å². The van der Waals surface area contributed by atoms with E-state index in [4.69, 9.17) is 9.84 Å². The number of amides is 1. The molecule has 104 valence electrons. The first kappa shape index (κ1) is 15.2. The van der Waals surface area contributed by atoms with E-state index in [0.717, 1.165) is 0 Å². The van der Waals surface area contributed by atoms with Crippen LogP contribution < -0.4 is 10.1 Å². The van der Waals surface area contributed by atoms with Gasteiger partial charge >= 0.3 is 12.1 Å². The molecule has 0 aromatic heterocycles. The highest BCUT2D eigenvalue weighted by Crippen LogP contribution is 2.08. The lowest BCUT2D eigenvalue weighted by Crippen LogP contribution is -2.43. The van der Waals surface area contributed by atoms with Crippen LogP contribution in [-0.2, 0) is 15.6 Å². The number of aliphatic carboxylic acids is 1. The largest absolute Gasteiger partial charge is 0.480 e. The first-order valence-corrected chi connectivity index (χ1v) is 7.28. The van der Waals surface area contributed by atoms with E-state index in [1.54, 1.807) is 30.3 Å². The van der Waals surface area contributed by atoms with Gasteiger partial charge in [0, 0.05) is 22.8 Å². The third-order valence-corrected chi connectivity index (χ3v) is 3.05. The number of carbonyl (C=O) groups excluding carboxylic acids is 1. The molecule has 0 radical (unpaired) electrons. The van der Waals surface area contributed by atoms with Crippen LogP contribution in [0, 0.1) is 0 Å². The Labute approximate surface area is 113 Å². The van der Waals surface area contributed by atoms with Crippen LogP contribution in [0.25, 0.3) is 0 Å². The summed E-state index contributed by atoms with van der Waals surface area (Å²) in [6, 6.07) is 7.20. The third kappa shape index (κ3) is 6.01. The SMILES string of the molecule is CS(=O)CC[C@H](NC(=O)Oc1ccccc1)C(=O)O. The van der Waals surface area contributed by atoms with Crippen LogP contribution in [0.3, 0.4) is 0 Å². The molecule has 0 aliphatic heterocycles. The molecule has 0 saturated heterocycles. The maximum atomic E-state index is 11.5. The molecule has 1 unspecified atom stereocenters. The highest BCUT2D eigenvalue weighted by molar-refractivity contribution is 7.84. The van der Waals surface area contributed by atoms with Gasteiger partial charge in [0.05, 0.1) is 0 Å². The highest BCUT2D eigenvalue weighted by atomic mass is 32.2. The number of hydrogen-bond acceptors (Lipinski definition) is 4. The second kappa shape index (κ2) is 7.52. The summed E-state index contributed by atoms with van der Waals surface area (Å²) in [5.41, 5.74) is 0. The lowest BCUT2D eigenvalue weighted by Gasteiger charge is -2.13. The average molecular weight is 285 g/mol. The van der Waals surface area contributed by atoms with Crippen LogP contribution in [0.5, 0.6) is 5.75 Å². The fraction of sp³-hybridized carbons (Fsp3) is 0.333. The number of benzene rings is 1. The molecule has 1 aromatic rings. The second-order valence-corrected chi connectivity index (χ2v) is 5.36. The monoisotopic (exact) mass is 285 g/mol. The molecule has 0 fully saturated rings. The molecule has 1 rings (SSSR count). The number of nitrogens with one attached hydrogen (secondary N) is 1. The van der Waals surface area contributed by atoms with Gasteiger partial charge in [0.2, 0.25) is 0 Å². The molecule has 0 aliphatic rings. The second-order valence-electron chi connectivity index (χ2n) is 3.80. The minimum atomic E-state index is -1.18. The number of hydrogen-bond donors (Lipinski definition) is 2. The fourth-order valence-electron chi connectivity index (χ4n) is 1.31.